The highest BCUT2D eigenvalue weighted by molar-refractivity contribution is 4.87. The van der Waals surface area contributed by atoms with Crippen LogP contribution in [0.1, 0.15) is 20.3 Å². The highest BCUT2D eigenvalue weighted by Crippen LogP contribution is 2.25. The average molecular weight is 128 g/mol. The molecule has 0 aromatic heterocycles. The molecule has 0 amide bonds. The van der Waals surface area contributed by atoms with E-state index in [2.05, 4.69) is 19.2 Å². The molecule has 1 heterocycles. The molecule has 0 aromatic rings. The summed E-state index contributed by atoms with van der Waals surface area (Å²) in [5.74, 6) is 0. The largest absolute Gasteiger partial charge is 0.326 e. The van der Waals surface area contributed by atoms with Crippen LogP contribution in [-0.2, 0) is 0 Å². The molecule has 2 nitrogen and oxygen atoms in total. The van der Waals surface area contributed by atoms with Crippen LogP contribution in [0.5, 0.6) is 0 Å². The first-order valence-electron chi connectivity index (χ1n) is 3.59. The zero-order valence-corrected chi connectivity index (χ0v) is 6.28. The summed E-state index contributed by atoms with van der Waals surface area (Å²) >= 11 is 0. The summed E-state index contributed by atoms with van der Waals surface area (Å²) in [7, 11) is 0. The summed E-state index contributed by atoms with van der Waals surface area (Å²) in [4.78, 5) is 0. The molecule has 0 spiro atoms. The van der Waals surface area contributed by atoms with E-state index < -0.39 is 0 Å². The van der Waals surface area contributed by atoms with Gasteiger partial charge in [0.2, 0.25) is 0 Å². The molecule has 9 heavy (non-hydrogen) atoms. The van der Waals surface area contributed by atoms with Gasteiger partial charge in [-0.2, -0.15) is 0 Å². The van der Waals surface area contributed by atoms with Gasteiger partial charge in [0.05, 0.1) is 0 Å². The number of hydrogen-bond donors (Lipinski definition) is 2. The van der Waals surface area contributed by atoms with Gasteiger partial charge >= 0.3 is 0 Å². The molecule has 1 fully saturated rings. The van der Waals surface area contributed by atoms with Gasteiger partial charge in [-0.3, -0.25) is 0 Å². The maximum atomic E-state index is 5.85. The minimum atomic E-state index is 0.339. The first-order chi connectivity index (χ1) is 4.13. The Hall–Kier alpha value is -0.0800. The Morgan fingerprint density at radius 1 is 1.56 bits per heavy atom. The van der Waals surface area contributed by atoms with Crippen molar-refractivity contribution in [3.05, 3.63) is 0 Å². The van der Waals surface area contributed by atoms with E-state index in [4.69, 9.17) is 5.73 Å². The van der Waals surface area contributed by atoms with Crippen molar-refractivity contribution in [2.45, 2.75) is 26.3 Å². The lowest BCUT2D eigenvalue weighted by atomic mass is 9.79. The van der Waals surface area contributed by atoms with Gasteiger partial charge in [-0.25, -0.2) is 0 Å². The Morgan fingerprint density at radius 3 is 2.56 bits per heavy atom. The number of nitrogens with one attached hydrogen (secondary N) is 1. The number of nitrogens with two attached hydrogens (primary N) is 1. The number of hydrogen-bond acceptors (Lipinski definition) is 2. The maximum absolute atomic E-state index is 5.85. The fourth-order valence-electron chi connectivity index (χ4n) is 1.13. The molecule has 1 aliphatic heterocycles. The monoisotopic (exact) mass is 128 g/mol. The van der Waals surface area contributed by atoms with Crippen LogP contribution in [0.2, 0.25) is 0 Å². The molecule has 2 heteroatoms. The number of piperidine rings is 1. The van der Waals surface area contributed by atoms with E-state index in [-0.39, 0.29) is 0 Å². The van der Waals surface area contributed by atoms with Crippen molar-refractivity contribution in [2.24, 2.45) is 11.1 Å². The summed E-state index contributed by atoms with van der Waals surface area (Å²) in [5.41, 5.74) is 6.20. The second-order valence-corrected chi connectivity index (χ2v) is 3.55. The van der Waals surface area contributed by atoms with E-state index >= 15 is 0 Å². The zero-order valence-electron chi connectivity index (χ0n) is 6.28. The predicted octanol–water partition coefficient (Wildman–Crippen LogP) is 0.333. The van der Waals surface area contributed by atoms with Gasteiger partial charge in [0, 0.05) is 12.6 Å². The van der Waals surface area contributed by atoms with Gasteiger partial charge in [-0.15, -0.1) is 0 Å². The third-order valence-electron chi connectivity index (χ3n) is 2.31. The van der Waals surface area contributed by atoms with Crippen LogP contribution < -0.4 is 11.1 Å². The summed E-state index contributed by atoms with van der Waals surface area (Å²) < 4.78 is 0. The predicted molar refractivity (Wildman–Crippen MR) is 39.2 cm³/mol. The second kappa shape index (κ2) is 2.27. The fraction of sp³-hybridized carbons (Fsp3) is 1.00. The second-order valence-electron chi connectivity index (χ2n) is 3.55. The molecule has 0 radical (unpaired) electrons. The molecule has 0 aromatic carbocycles. The van der Waals surface area contributed by atoms with Gasteiger partial charge in [0.15, 0.2) is 0 Å². The van der Waals surface area contributed by atoms with E-state index in [1.165, 1.54) is 6.42 Å². The lowest BCUT2D eigenvalue weighted by Crippen LogP contribution is -2.50. The van der Waals surface area contributed by atoms with Gasteiger partial charge < -0.3 is 11.1 Å². The third-order valence-corrected chi connectivity index (χ3v) is 2.31. The van der Waals surface area contributed by atoms with Crippen LogP contribution in [0, 0.1) is 5.41 Å². The van der Waals surface area contributed by atoms with Crippen LogP contribution >= 0.6 is 0 Å². The zero-order chi connectivity index (χ0) is 6.91. The molecule has 0 aliphatic carbocycles. The maximum Gasteiger partial charge on any atom is 0.0217 e. The van der Waals surface area contributed by atoms with Crippen LogP contribution in [0.25, 0.3) is 0 Å². The van der Waals surface area contributed by atoms with E-state index in [1.54, 1.807) is 0 Å². The van der Waals surface area contributed by atoms with Gasteiger partial charge in [0.25, 0.3) is 0 Å². The summed E-state index contributed by atoms with van der Waals surface area (Å²) in [6.07, 6.45) is 1.20. The molecule has 0 bridgehead atoms. The van der Waals surface area contributed by atoms with E-state index in [0.29, 0.717) is 11.5 Å². The molecular formula is C7H16N2. The molecule has 1 rings (SSSR count). The Bertz CT molecular complexity index is 99.1. The van der Waals surface area contributed by atoms with E-state index in [1.807, 2.05) is 0 Å². The Balaban J connectivity index is 2.49. The SMILES string of the molecule is CC1(C)CCNC[C@@H]1N. The van der Waals surface area contributed by atoms with Crippen molar-refractivity contribution in [1.29, 1.82) is 0 Å². The smallest absolute Gasteiger partial charge is 0.0217 e. The summed E-state index contributed by atoms with van der Waals surface area (Å²) in [5, 5.41) is 3.27. The van der Waals surface area contributed by atoms with Crippen molar-refractivity contribution in [2.75, 3.05) is 13.1 Å². The summed E-state index contributed by atoms with van der Waals surface area (Å²) in [6.45, 7) is 6.57. The highest BCUT2D eigenvalue weighted by Gasteiger charge is 2.28. The van der Waals surface area contributed by atoms with Crippen LogP contribution in [0.15, 0.2) is 0 Å². The lowest BCUT2D eigenvalue weighted by Gasteiger charge is -2.36. The van der Waals surface area contributed by atoms with Crippen LogP contribution in [0.3, 0.4) is 0 Å². The first kappa shape index (κ1) is 7.03. The Kier molecular flexibility index (Phi) is 1.78. The Morgan fingerprint density at radius 2 is 2.22 bits per heavy atom. The average Bonchev–Trinajstić information content (AvgIpc) is 1.77. The van der Waals surface area contributed by atoms with Crippen molar-refractivity contribution in [3.8, 4) is 0 Å². The third kappa shape index (κ3) is 1.43. The standard InChI is InChI=1S/C7H16N2/c1-7(2)3-4-9-5-6(7)8/h6,9H,3-5,8H2,1-2H3/t6-/m0/s1. The van der Waals surface area contributed by atoms with Crippen molar-refractivity contribution >= 4 is 0 Å². The molecule has 1 atom stereocenters. The molecular weight excluding hydrogens is 112 g/mol. The molecule has 1 aliphatic rings. The van der Waals surface area contributed by atoms with Crippen LogP contribution in [-0.4, -0.2) is 19.1 Å². The van der Waals surface area contributed by atoms with Crippen LogP contribution in [0.4, 0.5) is 0 Å². The molecule has 3 N–H and O–H groups in total. The molecule has 54 valence electrons. The topological polar surface area (TPSA) is 38.0 Å². The first-order valence-corrected chi connectivity index (χ1v) is 3.59. The highest BCUT2D eigenvalue weighted by atomic mass is 14.9. The Labute approximate surface area is 56.8 Å². The van der Waals surface area contributed by atoms with Crippen molar-refractivity contribution < 1.29 is 0 Å². The van der Waals surface area contributed by atoms with Gasteiger partial charge in [-0.1, -0.05) is 13.8 Å². The van der Waals surface area contributed by atoms with Gasteiger partial charge in [0.1, 0.15) is 0 Å². The molecule has 0 saturated carbocycles. The van der Waals surface area contributed by atoms with Crippen molar-refractivity contribution in [1.82, 2.24) is 5.32 Å². The minimum absolute atomic E-state index is 0.339. The minimum Gasteiger partial charge on any atom is -0.326 e. The molecule has 1 saturated heterocycles. The number of rotatable bonds is 0. The van der Waals surface area contributed by atoms with Gasteiger partial charge in [-0.05, 0) is 18.4 Å². The van der Waals surface area contributed by atoms with E-state index in [9.17, 15) is 0 Å². The molecule has 0 unspecified atom stereocenters. The van der Waals surface area contributed by atoms with E-state index in [0.717, 1.165) is 13.1 Å². The fourth-order valence-corrected chi connectivity index (χ4v) is 1.13. The normalized spacial score (nSPS) is 34.3. The summed E-state index contributed by atoms with van der Waals surface area (Å²) in [6, 6.07) is 0.339. The quantitative estimate of drug-likeness (QED) is 0.493. The van der Waals surface area contributed by atoms with Crippen molar-refractivity contribution in [3.63, 3.8) is 0 Å². The lowest BCUT2D eigenvalue weighted by molar-refractivity contribution is 0.217.